The maximum Gasteiger partial charge on any atom is 0.164 e. The van der Waals surface area contributed by atoms with Gasteiger partial charge in [-0.15, -0.1) is 0 Å². The van der Waals surface area contributed by atoms with Gasteiger partial charge in [-0.05, 0) is 92.0 Å². The van der Waals surface area contributed by atoms with E-state index >= 15 is 0 Å². The fourth-order valence-electron chi connectivity index (χ4n) is 10.3. The highest BCUT2D eigenvalue weighted by molar-refractivity contribution is 5.97. The Labute approximate surface area is 370 Å². The molecule has 5 heteroatoms. The average molecular weight is 816 g/mol. The van der Waals surface area contributed by atoms with Crippen LogP contribution in [0.2, 0.25) is 0 Å². The molecule has 0 aliphatic heterocycles. The largest absolute Gasteiger partial charge is 0.292 e. The monoisotopic (exact) mass is 815 g/mol. The SMILES string of the molecule is c1ccc(-c2ccc3c(c2)C2(c4ccccc4-c4ccccc42)c2cc(-c4nc(-c5ccccc5)nc(-c5cccc(-n6c(-c7ccccc7)nc7ccccc76)c5)n4)ccc2-3)cc1. The Morgan fingerprint density at radius 2 is 0.766 bits per heavy atom. The molecule has 0 N–H and O–H groups in total. The zero-order valence-electron chi connectivity index (χ0n) is 34.6. The summed E-state index contributed by atoms with van der Waals surface area (Å²) in [5, 5.41) is 0. The summed E-state index contributed by atoms with van der Waals surface area (Å²) in [5.41, 5.74) is 18.7. The molecule has 0 unspecified atom stereocenters. The summed E-state index contributed by atoms with van der Waals surface area (Å²) in [6, 6.07) is 79.7. The lowest BCUT2D eigenvalue weighted by atomic mass is 9.70. The van der Waals surface area contributed by atoms with Crippen LogP contribution in [0.15, 0.2) is 224 Å². The van der Waals surface area contributed by atoms with E-state index in [1.54, 1.807) is 0 Å². The van der Waals surface area contributed by atoms with E-state index in [0.29, 0.717) is 17.5 Å². The lowest BCUT2D eigenvalue weighted by molar-refractivity contribution is 0.794. The van der Waals surface area contributed by atoms with E-state index in [9.17, 15) is 0 Å². The third-order valence-electron chi connectivity index (χ3n) is 13.1. The van der Waals surface area contributed by atoms with Gasteiger partial charge in [-0.25, -0.2) is 19.9 Å². The molecule has 0 saturated heterocycles. The first-order chi connectivity index (χ1) is 31.7. The lowest BCUT2D eigenvalue weighted by Crippen LogP contribution is -2.26. The minimum absolute atomic E-state index is 0.546. The van der Waals surface area contributed by atoms with Crippen LogP contribution < -0.4 is 0 Å². The highest BCUT2D eigenvalue weighted by atomic mass is 15.1. The number of benzene rings is 9. The third-order valence-corrected chi connectivity index (χ3v) is 13.1. The molecule has 0 fully saturated rings. The molecule has 11 aromatic rings. The smallest absolute Gasteiger partial charge is 0.164 e. The number of aromatic nitrogens is 5. The molecule has 13 rings (SSSR count). The van der Waals surface area contributed by atoms with Crippen molar-refractivity contribution in [1.29, 1.82) is 0 Å². The first-order valence-corrected chi connectivity index (χ1v) is 21.7. The summed E-state index contributed by atoms with van der Waals surface area (Å²) < 4.78 is 2.23. The Morgan fingerprint density at radius 3 is 1.42 bits per heavy atom. The number of hydrogen-bond donors (Lipinski definition) is 0. The van der Waals surface area contributed by atoms with Gasteiger partial charge in [-0.1, -0.05) is 188 Å². The molecule has 5 nitrogen and oxygen atoms in total. The van der Waals surface area contributed by atoms with E-state index < -0.39 is 5.41 Å². The fraction of sp³-hybridized carbons (Fsp3) is 0.0169. The Bertz CT molecular complexity index is 3570. The molecule has 298 valence electrons. The van der Waals surface area contributed by atoms with Crippen molar-refractivity contribution in [2.45, 2.75) is 5.41 Å². The average Bonchev–Trinajstić information content (AvgIpc) is 4.01. The lowest BCUT2D eigenvalue weighted by Gasteiger charge is -2.31. The summed E-state index contributed by atoms with van der Waals surface area (Å²) in [6.45, 7) is 0. The van der Waals surface area contributed by atoms with Gasteiger partial charge >= 0.3 is 0 Å². The van der Waals surface area contributed by atoms with Crippen molar-refractivity contribution in [1.82, 2.24) is 24.5 Å². The van der Waals surface area contributed by atoms with Gasteiger partial charge in [0.2, 0.25) is 0 Å². The van der Waals surface area contributed by atoms with Gasteiger partial charge in [0.25, 0.3) is 0 Å². The standard InChI is InChI=1S/C59H37N5/c1-4-17-38(18-5-1)41-31-33-47-48-34-32-43(37-52(48)59(51(47)36-41)49-27-12-10-25-45(49)46-26-11-13-28-50(46)59)57-62-55(39-19-6-2-7-20-39)61-56(63-57)42-23-16-24-44(35-42)64-54-30-15-14-29-53(54)60-58(64)40-21-8-3-9-22-40/h1-37H. The minimum atomic E-state index is -0.546. The second-order valence-electron chi connectivity index (χ2n) is 16.6. The van der Waals surface area contributed by atoms with Gasteiger partial charge in [0.15, 0.2) is 17.5 Å². The van der Waals surface area contributed by atoms with Crippen LogP contribution in [0.4, 0.5) is 0 Å². The Hall–Kier alpha value is -8.54. The number of nitrogens with zero attached hydrogens (tertiary/aromatic N) is 5. The molecule has 2 aromatic heterocycles. The summed E-state index contributed by atoms with van der Waals surface area (Å²) in [7, 11) is 0. The summed E-state index contributed by atoms with van der Waals surface area (Å²) >= 11 is 0. The molecule has 2 heterocycles. The molecule has 9 aromatic carbocycles. The van der Waals surface area contributed by atoms with Crippen LogP contribution in [-0.4, -0.2) is 24.5 Å². The first kappa shape index (κ1) is 36.1. The molecule has 2 aliphatic carbocycles. The van der Waals surface area contributed by atoms with Gasteiger partial charge in [0.1, 0.15) is 5.82 Å². The molecule has 0 bridgehead atoms. The molecule has 64 heavy (non-hydrogen) atoms. The molecule has 1 spiro atoms. The van der Waals surface area contributed by atoms with Crippen molar-refractivity contribution < 1.29 is 0 Å². The number of hydrogen-bond acceptors (Lipinski definition) is 4. The molecular weight excluding hydrogens is 779 g/mol. The molecule has 2 aliphatic rings. The predicted octanol–water partition coefficient (Wildman–Crippen LogP) is 13.9. The van der Waals surface area contributed by atoms with E-state index in [-0.39, 0.29) is 0 Å². The van der Waals surface area contributed by atoms with E-state index in [1.165, 1.54) is 55.6 Å². The van der Waals surface area contributed by atoms with Gasteiger partial charge in [0.05, 0.1) is 16.4 Å². The Kier molecular flexibility index (Phi) is 8.06. The maximum absolute atomic E-state index is 5.35. The summed E-state index contributed by atoms with van der Waals surface area (Å²) in [6.07, 6.45) is 0. The van der Waals surface area contributed by atoms with Gasteiger partial charge in [0, 0.05) is 27.9 Å². The summed E-state index contributed by atoms with van der Waals surface area (Å²) in [5.74, 6) is 2.70. The van der Waals surface area contributed by atoms with E-state index in [0.717, 1.165) is 44.8 Å². The van der Waals surface area contributed by atoms with Crippen molar-refractivity contribution in [3.8, 4) is 84.6 Å². The van der Waals surface area contributed by atoms with E-state index in [4.69, 9.17) is 19.9 Å². The highest BCUT2D eigenvalue weighted by Gasteiger charge is 2.51. The quantitative estimate of drug-likeness (QED) is 0.168. The van der Waals surface area contributed by atoms with Crippen molar-refractivity contribution in [2.24, 2.45) is 0 Å². The third kappa shape index (κ3) is 5.44. The molecular formula is C59H37N5. The Balaban J connectivity index is 1.02. The van der Waals surface area contributed by atoms with Crippen LogP contribution in [-0.2, 0) is 5.41 Å². The van der Waals surface area contributed by atoms with Gasteiger partial charge < -0.3 is 0 Å². The van der Waals surface area contributed by atoms with E-state index in [2.05, 4.69) is 199 Å². The van der Waals surface area contributed by atoms with Crippen LogP contribution >= 0.6 is 0 Å². The molecule has 0 atom stereocenters. The predicted molar refractivity (Wildman–Crippen MR) is 258 cm³/mol. The fourth-order valence-corrected chi connectivity index (χ4v) is 10.3. The molecule has 0 saturated carbocycles. The van der Waals surface area contributed by atoms with Crippen LogP contribution in [0.3, 0.4) is 0 Å². The first-order valence-electron chi connectivity index (χ1n) is 21.7. The number of imidazole rings is 1. The normalized spacial score (nSPS) is 12.8. The Morgan fingerprint density at radius 1 is 0.297 bits per heavy atom. The molecule has 0 amide bonds. The van der Waals surface area contributed by atoms with Crippen LogP contribution in [0.25, 0.3) is 95.7 Å². The highest BCUT2D eigenvalue weighted by Crippen LogP contribution is 2.63. The minimum Gasteiger partial charge on any atom is -0.292 e. The van der Waals surface area contributed by atoms with Crippen LogP contribution in [0, 0.1) is 0 Å². The zero-order chi connectivity index (χ0) is 42.2. The molecule has 0 radical (unpaired) electrons. The van der Waals surface area contributed by atoms with Gasteiger partial charge in [-0.3, -0.25) is 4.57 Å². The number of rotatable bonds is 6. The van der Waals surface area contributed by atoms with Crippen molar-refractivity contribution in [3.63, 3.8) is 0 Å². The summed E-state index contributed by atoms with van der Waals surface area (Å²) in [4.78, 5) is 20.9. The number of fused-ring (bicyclic) bond motifs is 11. The van der Waals surface area contributed by atoms with Crippen LogP contribution in [0.1, 0.15) is 22.3 Å². The second-order valence-corrected chi connectivity index (χ2v) is 16.6. The topological polar surface area (TPSA) is 56.5 Å². The zero-order valence-corrected chi connectivity index (χ0v) is 34.6. The van der Waals surface area contributed by atoms with Crippen molar-refractivity contribution in [3.05, 3.63) is 247 Å². The van der Waals surface area contributed by atoms with Crippen molar-refractivity contribution >= 4 is 11.0 Å². The maximum atomic E-state index is 5.35. The van der Waals surface area contributed by atoms with Crippen molar-refractivity contribution in [2.75, 3.05) is 0 Å². The van der Waals surface area contributed by atoms with Gasteiger partial charge in [-0.2, -0.15) is 0 Å². The second kappa shape index (κ2) is 14.3. The van der Waals surface area contributed by atoms with Crippen LogP contribution in [0.5, 0.6) is 0 Å². The van der Waals surface area contributed by atoms with E-state index in [1.807, 2.05) is 30.3 Å². The number of para-hydroxylation sites is 2.